The van der Waals surface area contributed by atoms with Gasteiger partial charge in [0.25, 0.3) is 0 Å². The first-order chi connectivity index (χ1) is 8.42. The first-order valence-electron chi connectivity index (χ1n) is 5.85. The van der Waals surface area contributed by atoms with Crippen LogP contribution < -0.4 is 5.32 Å². The third kappa shape index (κ3) is 5.24. The zero-order valence-electron chi connectivity index (χ0n) is 11.0. The summed E-state index contributed by atoms with van der Waals surface area (Å²) in [4.78, 5) is 11.7. The van der Waals surface area contributed by atoms with E-state index in [1.54, 1.807) is 36.0 Å². The molecular weight excluding hydrogens is 244 g/mol. The largest absolute Gasteiger partial charge is 0.325 e. The summed E-state index contributed by atoms with van der Waals surface area (Å²) in [5.41, 5.74) is 1.08. The van der Waals surface area contributed by atoms with E-state index >= 15 is 0 Å². The van der Waals surface area contributed by atoms with E-state index in [4.69, 9.17) is 5.26 Å². The van der Waals surface area contributed by atoms with E-state index in [-0.39, 0.29) is 10.7 Å². The summed E-state index contributed by atoms with van der Waals surface area (Å²) in [5.74, 6) is 0.735. The van der Waals surface area contributed by atoms with E-state index in [2.05, 4.69) is 32.2 Å². The average Bonchev–Trinajstić information content (AvgIpc) is 2.28. The highest BCUT2D eigenvalue weighted by Crippen LogP contribution is 2.23. The fourth-order valence-electron chi connectivity index (χ4n) is 1.35. The molecule has 0 aliphatic rings. The van der Waals surface area contributed by atoms with E-state index in [0.29, 0.717) is 17.7 Å². The molecule has 1 aromatic rings. The van der Waals surface area contributed by atoms with E-state index in [1.807, 2.05) is 0 Å². The number of rotatable bonds is 4. The molecule has 0 saturated heterocycles. The zero-order chi connectivity index (χ0) is 13.6. The van der Waals surface area contributed by atoms with Gasteiger partial charge in [0.05, 0.1) is 11.3 Å². The van der Waals surface area contributed by atoms with Crippen LogP contribution in [0.25, 0.3) is 0 Å². The molecule has 0 atom stereocenters. The number of hydrogen-bond donors (Lipinski definition) is 1. The standard InChI is InChI=1S/C14H18N2OS/c1-14(2,3)18-9-8-13(17)16-12-7-5-4-6-11(12)10-15/h4-7H,8-9H2,1-3H3,(H,16,17). The number of anilines is 1. The summed E-state index contributed by atoms with van der Waals surface area (Å²) >= 11 is 1.76. The van der Waals surface area contributed by atoms with Crippen LogP contribution >= 0.6 is 11.8 Å². The molecule has 1 N–H and O–H groups in total. The van der Waals surface area contributed by atoms with Crippen molar-refractivity contribution in [3.8, 4) is 6.07 Å². The summed E-state index contributed by atoms with van der Waals surface area (Å²) in [7, 11) is 0. The van der Waals surface area contributed by atoms with Gasteiger partial charge >= 0.3 is 0 Å². The molecule has 0 aromatic heterocycles. The minimum Gasteiger partial charge on any atom is -0.325 e. The first kappa shape index (κ1) is 14.6. The fourth-order valence-corrected chi connectivity index (χ4v) is 2.25. The maximum Gasteiger partial charge on any atom is 0.225 e. The normalized spacial score (nSPS) is 10.8. The minimum atomic E-state index is -0.0468. The monoisotopic (exact) mass is 262 g/mol. The number of amides is 1. The van der Waals surface area contributed by atoms with Gasteiger partial charge in [-0.05, 0) is 12.1 Å². The molecule has 0 unspecified atom stereocenters. The number of nitriles is 1. The van der Waals surface area contributed by atoms with E-state index in [9.17, 15) is 4.79 Å². The number of carbonyl (C=O) groups excluding carboxylic acids is 1. The minimum absolute atomic E-state index is 0.0468. The second-order valence-corrected chi connectivity index (χ2v) is 6.84. The highest BCUT2D eigenvalue weighted by molar-refractivity contribution is 8.00. The van der Waals surface area contributed by atoms with Crippen LogP contribution in [0.3, 0.4) is 0 Å². The van der Waals surface area contributed by atoms with Crippen molar-refractivity contribution in [1.29, 1.82) is 5.26 Å². The van der Waals surface area contributed by atoms with Gasteiger partial charge in [0.2, 0.25) is 5.91 Å². The summed E-state index contributed by atoms with van der Waals surface area (Å²) in [6.07, 6.45) is 0.460. The van der Waals surface area contributed by atoms with Crippen LogP contribution in [0.5, 0.6) is 0 Å². The molecule has 0 radical (unpaired) electrons. The van der Waals surface area contributed by atoms with Crippen molar-refractivity contribution in [2.75, 3.05) is 11.1 Å². The Morgan fingerprint density at radius 2 is 2.06 bits per heavy atom. The molecule has 0 heterocycles. The van der Waals surface area contributed by atoms with Crippen LogP contribution in [0.2, 0.25) is 0 Å². The quantitative estimate of drug-likeness (QED) is 0.904. The zero-order valence-corrected chi connectivity index (χ0v) is 11.8. The van der Waals surface area contributed by atoms with Crippen molar-refractivity contribution in [1.82, 2.24) is 0 Å². The third-order valence-electron chi connectivity index (χ3n) is 2.19. The van der Waals surface area contributed by atoms with Crippen LogP contribution in [0.15, 0.2) is 24.3 Å². The molecule has 3 nitrogen and oxygen atoms in total. The van der Waals surface area contributed by atoms with Crippen molar-refractivity contribution >= 4 is 23.4 Å². The lowest BCUT2D eigenvalue weighted by molar-refractivity contribution is -0.115. The van der Waals surface area contributed by atoms with Gasteiger partial charge < -0.3 is 5.32 Å². The molecule has 0 aliphatic carbocycles. The lowest BCUT2D eigenvalue weighted by Crippen LogP contribution is -2.15. The molecule has 1 aromatic carbocycles. The van der Waals surface area contributed by atoms with Crippen LogP contribution in [0.1, 0.15) is 32.8 Å². The van der Waals surface area contributed by atoms with Crippen LogP contribution in [-0.2, 0) is 4.79 Å². The van der Waals surface area contributed by atoms with Gasteiger partial charge in [-0.3, -0.25) is 4.79 Å². The Morgan fingerprint density at radius 3 is 2.67 bits per heavy atom. The lowest BCUT2D eigenvalue weighted by Gasteiger charge is -2.17. The van der Waals surface area contributed by atoms with Crippen molar-refractivity contribution in [3.05, 3.63) is 29.8 Å². The molecule has 4 heteroatoms. The molecule has 96 valence electrons. The highest BCUT2D eigenvalue weighted by Gasteiger charge is 2.12. The Hall–Kier alpha value is -1.47. The third-order valence-corrected chi connectivity index (χ3v) is 3.46. The number of hydrogen-bond acceptors (Lipinski definition) is 3. The molecule has 18 heavy (non-hydrogen) atoms. The van der Waals surface area contributed by atoms with E-state index in [0.717, 1.165) is 5.75 Å². The molecule has 0 bridgehead atoms. The Kier molecular flexibility index (Phi) is 5.24. The average molecular weight is 262 g/mol. The maximum atomic E-state index is 11.7. The topological polar surface area (TPSA) is 52.9 Å². The summed E-state index contributed by atoms with van der Waals surface area (Å²) in [6, 6.07) is 9.09. The van der Waals surface area contributed by atoms with Crippen LogP contribution in [0, 0.1) is 11.3 Å². The van der Waals surface area contributed by atoms with E-state index < -0.39 is 0 Å². The number of thioether (sulfide) groups is 1. The predicted molar refractivity (Wildman–Crippen MR) is 76.6 cm³/mol. The maximum absolute atomic E-state index is 11.7. The summed E-state index contributed by atoms with van der Waals surface area (Å²) < 4.78 is 0.171. The van der Waals surface area contributed by atoms with Crippen molar-refractivity contribution in [2.45, 2.75) is 31.9 Å². The van der Waals surface area contributed by atoms with Gasteiger partial charge in [-0.1, -0.05) is 32.9 Å². The summed E-state index contributed by atoms with van der Waals surface area (Å²) in [5, 5.41) is 11.7. The Bertz CT molecular complexity index is 458. The smallest absolute Gasteiger partial charge is 0.225 e. The predicted octanol–water partition coefficient (Wildman–Crippen LogP) is 3.42. The number of nitrogens with zero attached hydrogens (tertiary/aromatic N) is 1. The number of benzene rings is 1. The number of carbonyl (C=O) groups is 1. The van der Waals surface area contributed by atoms with Gasteiger partial charge in [0, 0.05) is 16.9 Å². The molecule has 0 fully saturated rings. The molecule has 0 spiro atoms. The Labute approximate surface area is 113 Å². The van der Waals surface area contributed by atoms with Crippen molar-refractivity contribution in [3.63, 3.8) is 0 Å². The molecule has 0 saturated carbocycles. The molecular formula is C14H18N2OS. The van der Waals surface area contributed by atoms with Gasteiger partial charge in [0.15, 0.2) is 0 Å². The second-order valence-electron chi connectivity index (χ2n) is 4.92. The van der Waals surface area contributed by atoms with Crippen LogP contribution in [0.4, 0.5) is 5.69 Å². The summed E-state index contributed by atoms with van der Waals surface area (Å²) in [6.45, 7) is 6.38. The Balaban J connectivity index is 2.48. The highest BCUT2D eigenvalue weighted by atomic mass is 32.2. The second kappa shape index (κ2) is 6.46. The first-order valence-corrected chi connectivity index (χ1v) is 6.84. The van der Waals surface area contributed by atoms with Gasteiger partial charge in [0.1, 0.15) is 6.07 Å². The fraction of sp³-hybridized carbons (Fsp3) is 0.429. The molecule has 0 aliphatic heterocycles. The van der Waals surface area contributed by atoms with Gasteiger partial charge in [-0.2, -0.15) is 17.0 Å². The molecule has 1 rings (SSSR count). The Morgan fingerprint density at radius 1 is 1.39 bits per heavy atom. The lowest BCUT2D eigenvalue weighted by atomic mass is 10.2. The van der Waals surface area contributed by atoms with Crippen molar-refractivity contribution < 1.29 is 4.79 Å². The number of para-hydroxylation sites is 1. The van der Waals surface area contributed by atoms with Gasteiger partial charge in [-0.25, -0.2) is 0 Å². The number of nitrogens with one attached hydrogen (secondary N) is 1. The van der Waals surface area contributed by atoms with Crippen molar-refractivity contribution in [2.24, 2.45) is 0 Å². The van der Waals surface area contributed by atoms with E-state index in [1.165, 1.54) is 0 Å². The SMILES string of the molecule is CC(C)(C)SCCC(=O)Nc1ccccc1C#N. The van der Waals surface area contributed by atoms with Crippen LogP contribution in [-0.4, -0.2) is 16.4 Å². The van der Waals surface area contributed by atoms with Gasteiger partial charge in [-0.15, -0.1) is 0 Å². The molecule has 1 amide bonds.